The first kappa shape index (κ1) is 20.9. The molecule has 7 heteroatoms. The number of carbonyl (C=O) groups is 1. The van der Waals surface area contributed by atoms with Crippen molar-refractivity contribution in [3.8, 4) is 0 Å². The molecular formula is C24H35N5O2. The van der Waals surface area contributed by atoms with E-state index in [1.807, 2.05) is 4.90 Å². The lowest BCUT2D eigenvalue weighted by atomic mass is 9.94. The van der Waals surface area contributed by atoms with Crippen molar-refractivity contribution in [1.82, 2.24) is 24.1 Å². The van der Waals surface area contributed by atoms with Gasteiger partial charge < -0.3 is 14.0 Å². The second kappa shape index (κ2) is 9.27. The summed E-state index contributed by atoms with van der Waals surface area (Å²) in [4.78, 5) is 25.3. The van der Waals surface area contributed by atoms with Crippen LogP contribution in [0.15, 0.2) is 18.3 Å². The maximum Gasteiger partial charge on any atom is 0.274 e. The van der Waals surface area contributed by atoms with Crippen molar-refractivity contribution in [1.29, 1.82) is 0 Å². The number of aromatic nitrogens is 2. The number of nitrogens with zero attached hydrogens (tertiary/aromatic N) is 5. The van der Waals surface area contributed by atoms with Crippen LogP contribution in [0, 0.1) is 6.92 Å². The molecule has 0 spiro atoms. The maximum absolute atomic E-state index is 13.4. The Morgan fingerprint density at radius 3 is 2.55 bits per heavy atom. The fraction of sp³-hybridized carbons (Fsp3) is 0.667. The van der Waals surface area contributed by atoms with Gasteiger partial charge in [-0.3, -0.25) is 14.6 Å². The van der Waals surface area contributed by atoms with Crippen LogP contribution in [0.5, 0.6) is 0 Å². The number of fused-ring (bicyclic) bond motifs is 1. The molecule has 0 bridgehead atoms. The molecule has 31 heavy (non-hydrogen) atoms. The highest BCUT2D eigenvalue weighted by atomic mass is 16.5. The normalized spacial score (nSPS) is 22.3. The number of carbonyl (C=O) groups excluding carboxylic acids is 1. The van der Waals surface area contributed by atoms with Crippen molar-refractivity contribution < 1.29 is 9.53 Å². The van der Waals surface area contributed by atoms with Crippen LogP contribution >= 0.6 is 0 Å². The van der Waals surface area contributed by atoms with Crippen LogP contribution in [0.1, 0.15) is 53.8 Å². The molecule has 0 aromatic carbocycles. The third-order valence-corrected chi connectivity index (χ3v) is 7.32. The van der Waals surface area contributed by atoms with E-state index in [9.17, 15) is 4.79 Å². The van der Waals surface area contributed by atoms with Gasteiger partial charge in [-0.1, -0.05) is 25.3 Å². The summed E-state index contributed by atoms with van der Waals surface area (Å²) in [6.07, 6.45) is 8.97. The molecule has 1 saturated carbocycles. The van der Waals surface area contributed by atoms with Crippen LogP contribution < -0.4 is 0 Å². The number of morpholine rings is 1. The molecule has 5 rings (SSSR count). The fourth-order valence-electron chi connectivity index (χ4n) is 5.44. The number of aryl methyl sites for hydroxylation is 1. The van der Waals surface area contributed by atoms with Gasteiger partial charge in [-0.05, 0) is 31.4 Å². The zero-order chi connectivity index (χ0) is 21.2. The average molecular weight is 426 g/mol. The van der Waals surface area contributed by atoms with Gasteiger partial charge in [0.15, 0.2) is 5.69 Å². The molecule has 3 aliphatic rings. The highest BCUT2D eigenvalue weighted by molar-refractivity contribution is 5.94. The van der Waals surface area contributed by atoms with E-state index in [0.29, 0.717) is 32.0 Å². The summed E-state index contributed by atoms with van der Waals surface area (Å²) < 4.78 is 7.58. The lowest BCUT2D eigenvalue weighted by Gasteiger charge is -2.40. The number of piperazine rings is 1. The van der Waals surface area contributed by atoms with Gasteiger partial charge in [-0.25, -0.2) is 4.98 Å². The number of amides is 1. The van der Waals surface area contributed by atoms with Gasteiger partial charge in [0.2, 0.25) is 0 Å². The number of pyridine rings is 1. The van der Waals surface area contributed by atoms with Crippen LogP contribution in [0.4, 0.5) is 0 Å². The molecular weight excluding hydrogens is 390 g/mol. The van der Waals surface area contributed by atoms with Crippen LogP contribution in [-0.4, -0.2) is 88.5 Å². The van der Waals surface area contributed by atoms with E-state index >= 15 is 0 Å². The summed E-state index contributed by atoms with van der Waals surface area (Å²) in [5, 5.41) is 0. The summed E-state index contributed by atoms with van der Waals surface area (Å²) in [6.45, 7) is 9.72. The monoisotopic (exact) mass is 425 g/mol. The smallest absolute Gasteiger partial charge is 0.274 e. The van der Waals surface area contributed by atoms with Gasteiger partial charge in [-0.15, -0.1) is 0 Å². The molecule has 2 aliphatic heterocycles. The van der Waals surface area contributed by atoms with Crippen molar-refractivity contribution in [2.75, 3.05) is 52.5 Å². The van der Waals surface area contributed by atoms with E-state index in [1.54, 1.807) is 0 Å². The first-order valence-corrected chi connectivity index (χ1v) is 12.0. The summed E-state index contributed by atoms with van der Waals surface area (Å²) in [5.74, 6) is 0.0437. The van der Waals surface area contributed by atoms with Crippen LogP contribution in [0.3, 0.4) is 0 Å². The zero-order valence-corrected chi connectivity index (χ0v) is 18.8. The van der Waals surface area contributed by atoms with Gasteiger partial charge in [-0.2, -0.15) is 0 Å². The van der Waals surface area contributed by atoms with Gasteiger partial charge in [0, 0.05) is 58.1 Å². The molecule has 4 heterocycles. The Hall–Kier alpha value is -1.96. The van der Waals surface area contributed by atoms with E-state index in [4.69, 9.17) is 9.72 Å². The van der Waals surface area contributed by atoms with Crippen molar-refractivity contribution in [2.45, 2.75) is 51.6 Å². The van der Waals surface area contributed by atoms with Gasteiger partial charge in [0.25, 0.3) is 5.91 Å². The second-order valence-corrected chi connectivity index (χ2v) is 9.30. The van der Waals surface area contributed by atoms with E-state index in [0.717, 1.165) is 55.7 Å². The topological polar surface area (TPSA) is 53.3 Å². The zero-order valence-electron chi connectivity index (χ0n) is 18.8. The highest BCUT2D eigenvalue weighted by Crippen LogP contribution is 2.25. The first-order valence-electron chi connectivity index (χ1n) is 12.0. The Balaban J connectivity index is 1.35. The molecule has 1 aliphatic carbocycles. The van der Waals surface area contributed by atoms with Crippen LogP contribution in [-0.2, 0) is 11.3 Å². The van der Waals surface area contributed by atoms with Crippen LogP contribution in [0.25, 0.3) is 5.65 Å². The minimum absolute atomic E-state index is 0.0437. The van der Waals surface area contributed by atoms with Gasteiger partial charge >= 0.3 is 0 Å². The van der Waals surface area contributed by atoms with Gasteiger partial charge in [0.05, 0.1) is 18.9 Å². The predicted molar refractivity (Wildman–Crippen MR) is 120 cm³/mol. The van der Waals surface area contributed by atoms with Gasteiger partial charge in [0.1, 0.15) is 5.65 Å². The van der Waals surface area contributed by atoms with Crippen LogP contribution in [0.2, 0.25) is 0 Å². The molecule has 2 aromatic heterocycles. The SMILES string of the molecule is Cc1cccn2c(CN3CCN(C4CCCCC4)CC3)c(C(=O)N3CCOCC3)nc12. The molecule has 7 nitrogen and oxygen atoms in total. The maximum atomic E-state index is 13.4. The predicted octanol–water partition coefficient (Wildman–Crippen LogP) is 2.57. The molecule has 0 radical (unpaired) electrons. The number of hydrogen-bond acceptors (Lipinski definition) is 5. The Kier molecular flexibility index (Phi) is 6.25. The van der Waals surface area contributed by atoms with E-state index in [-0.39, 0.29) is 5.91 Å². The summed E-state index contributed by atoms with van der Waals surface area (Å²) in [6, 6.07) is 4.91. The molecule has 168 valence electrons. The van der Waals surface area contributed by atoms with Crippen molar-refractivity contribution in [3.63, 3.8) is 0 Å². The number of rotatable bonds is 4. The van der Waals surface area contributed by atoms with Crippen molar-refractivity contribution >= 4 is 11.6 Å². The summed E-state index contributed by atoms with van der Waals surface area (Å²) in [5.41, 5.74) is 3.65. The molecule has 0 unspecified atom stereocenters. The number of hydrogen-bond donors (Lipinski definition) is 0. The largest absolute Gasteiger partial charge is 0.378 e. The lowest BCUT2D eigenvalue weighted by Crippen LogP contribution is -2.50. The van der Waals surface area contributed by atoms with Crippen molar-refractivity contribution in [3.05, 3.63) is 35.3 Å². The quantitative estimate of drug-likeness (QED) is 0.754. The Morgan fingerprint density at radius 1 is 1.06 bits per heavy atom. The van der Waals surface area contributed by atoms with Crippen molar-refractivity contribution in [2.24, 2.45) is 0 Å². The minimum Gasteiger partial charge on any atom is -0.378 e. The lowest BCUT2D eigenvalue weighted by molar-refractivity contribution is 0.0297. The minimum atomic E-state index is 0.0437. The number of ether oxygens (including phenoxy) is 1. The molecule has 3 fully saturated rings. The van der Waals surface area contributed by atoms with E-state index < -0.39 is 0 Å². The standard InChI is InChI=1S/C24H35N5O2/c1-19-6-5-9-29-21(22(25-23(19)29)24(30)28-14-16-31-17-15-28)18-26-10-12-27(13-11-26)20-7-3-2-4-8-20/h5-6,9,20H,2-4,7-8,10-18H2,1H3. The summed E-state index contributed by atoms with van der Waals surface area (Å²) in [7, 11) is 0. The molecule has 0 atom stereocenters. The highest BCUT2D eigenvalue weighted by Gasteiger charge is 2.29. The Labute approximate surface area is 185 Å². The first-order chi connectivity index (χ1) is 15.2. The van der Waals surface area contributed by atoms with E-state index in [1.165, 1.54) is 32.1 Å². The molecule has 0 N–H and O–H groups in total. The third-order valence-electron chi connectivity index (χ3n) is 7.32. The third kappa shape index (κ3) is 4.36. The molecule has 1 amide bonds. The summed E-state index contributed by atoms with van der Waals surface area (Å²) >= 11 is 0. The fourth-order valence-corrected chi connectivity index (χ4v) is 5.44. The van der Waals surface area contributed by atoms with E-state index in [2.05, 4.69) is 39.5 Å². The molecule has 2 aromatic rings. The second-order valence-electron chi connectivity index (χ2n) is 9.30. The number of imidazole rings is 1. The molecule has 2 saturated heterocycles. The Morgan fingerprint density at radius 2 is 1.81 bits per heavy atom. The average Bonchev–Trinajstić information content (AvgIpc) is 3.20. The Bertz CT molecular complexity index is 906.